The van der Waals surface area contributed by atoms with Gasteiger partial charge in [0.15, 0.2) is 0 Å². The summed E-state index contributed by atoms with van der Waals surface area (Å²) >= 11 is 0. The van der Waals surface area contributed by atoms with Crippen LogP contribution in [-0.4, -0.2) is 21.9 Å². The van der Waals surface area contributed by atoms with Crippen molar-refractivity contribution >= 4 is 10.9 Å². The standard InChI is InChI=1S/C21H17N3O2/c1-26-18-12-6-5-10-16(18)19-17-11-7-13-22-20(17)21(25)24(23-19)14-15-8-3-2-4-9-15/h2-13H,14H2,1H3. The Labute approximate surface area is 150 Å². The minimum atomic E-state index is -0.205. The van der Waals surface area contributed by atoms with Crippen molar-refractivity contribution in [2.75, 3.05) is 7.11 Å². The third-order valence-electron chi connectivity index (χ3n) is 4.26. The molecule has 0 fully saturated rings. The zero-order chi connectivity index (χ0) is 17.9. The quantitative estimate of drug-likeness (QED) is 0.569. The van der Waals surface area contributed by atoms with Crippen LogP contribution >= 0.6 is 0 Å². The van der Waals surface area contributed by atoms with Crippen molar-refractivity contribution in [2.24, 2.45) is 0 Å². The van der Waals surface area contributed by atoms with Gasteiger partial charge < -0.3 is 4.74 Å². The van der Waals surface area contributed by atoms with Crippen molar-refractivity contribution in [3.63, 3.8) is 0 Å². The number of rotatable bonds is 4. The maximum atomic E-state index is 12.9. The first-order valence-electron chi connectivity index (χ1n) is 8.31. The van der Waals surface area contributed by atoms with E-state index in [1.54, 1.807) is 13.3 Å². The van der Waals surface area contributed by atoms with E-state index in [2.05, 4.69) is 10.1 Å². The van der Waals surface area contributed by atoms with E-state index in [0.717, 1.165) is 11.1 Å². The third kappa shape index (κ3) is 2.84. The lowest BCUT2D eigenvalue weighted by Crippen LogP contribution is -2.25. The highest BCUT2D eigenvalue weighted by Crippen LogP contribution is 2.31. The summed E-state index contributed by atoms with van der Waals surface area (Å²) in [6, 6.07) is 21.1. The molecule has 4 aromatic rings. The number of hydrogen-bond acceptors (Lipinski definition) is 4. The van der Waals surface area contributed by atoms with Gasteiger partial charge in [0, 0.05) is 17.1 Å². The number of nitrogens with zero attached hydrogens (tertiary/aromatic N) is 3. The summed E-state index contributed by atoms with van der Waals surface area (Å²) in [4.78, 5) is 17.2. The molecule has 0 unspecified atom stereocenters. The minimum Gasteiger partial charge on any atom is -0.496 e. The van der Waals surface area contributed by atoms with Crippen LogP contribution in [0.5, 0.6) is 5.75 Å². The number of para-hydroxylation sites is 1. The number of ether oxygens (including phenoxy) is 1. The van der Waals surface area contributed by atoms with Gasteiger partial charge in [-0.2, -0.15) is 5.10 Å². The zero-order valence-corrected chi connectivity index (χ0v) is 14.3. The lowest BCUT2D eigenvalue weighted by Gasteiger charge is -2.13. The molecule has 0 spiro atoms. The van der Waals surface area contributed by atoms with E-state index in [-0.39, 0.29) is 5.56 Å². The van der Waals surface area contributed by atoms with E-state index in [1.807, 2.05) is 66.7 Å². The Hall–Kier alpha value is -3.47. The molecule has 2 aromatic heterocycles. The Balaban J connectivity index is 1.98. The molecule has 0 N–H and O–H groups in total. The molecule has 0 bridgehead atoms. The van der Waals surface area contributed by atoms with Crippen LogP contribution < -0.4 is 10.3 Å². The van der Waals surface area contributed by atoms with Crippen LogP contribution in [0, 0.1) is 0 Å². The topological polar surface area (TPSA) is 57.0 Å². The van der Waals surface area contributed by atoms with Crippen molar-refractivity contribution in [3.05, 3.63) is 88.8 Å². The van der Waals surface area contributed by atoms with Crippen molar-refractivity contribution < 1.29 is 4.74 Å². The number of hydrogen-bond donors (Lipinski definition) is 0. The summed E-state index contributed by atoms with van der Waals surface area (Å²) < 4.78 is 6.95. The second-order valence-corrected chi connectivity index (χ2v) is 5.90. The number of methoxy groups -OCH3 is 1. The average molecular weight is 343 g/mol. The van der Waals surface area contributed by atoms with Gasteiger partial charge in [0.25, 0.3) is 5.56 Å². The van der Waals surface area contributed by atoms with Gasteiger partial charge in [0.1, 0.15) is 17.0 Å². The first kappa shape index (κ1) is 16.0. The van der Waals surface area contributed by atoms with Crippen LogP contribution in [-0.2, 0) is 6.54 Å². The molecule has 0 saturated carbocycles. The number of aromatic nitrogens is 3. The molecule has 128 valence electrons. The Kier molecular flexibility index (Phi) is 4.19. The summed E-state index contributed by atoms with van der Waals surface area (Å²) in [5.41, 5.74) is 2.71. The van der Waals surface area contributed by atoms with E-state index in [9.17, 15) is 4.79 Å². The van der Waals surface area contributed by atoms with Crippen LogP contribution in [0.25, 0.3) is 22.2 Å². The molecule has 0 aliphatic rings. The molecule has 0 aliphatic heterocycles. The fraction of sp³-hybridized carbons (Fsp3) is 0.0952. The number of pyridine rings is 1. The molecule has 5 nitrogen and oxygen atoms in total. The molecule has 0 atom stereocenters. The van der Waals surface area contributed by atoms with Crippen LogP contribution in [0.4, 0.5) is 0 Å². The van der Waals surface area contributed by atoms with Gasteiger partial charge in [-0.05, 0) is 29.8 Å². The monoisotopic (exact) mass is 343 g/mol. The summed E-state index contributed by atoms with van der Waals surface area (Å²) in [6.07, 6.45) is 1.63. The van der Waals surface area contributed by atoms with E-state index in [4.69, 9.17) is 4.74 Å². The normalized spacial score (nSPS) is 10.8. The maximum Gasteiger partial charge on any atom is 0.293 e. The second-order valence-electron chi connectivity index (χ2n) is 5.90. The molecule has 5 heteroatoms. The van der Waals surface area contributed by atoms with Crippen LogP contribution in [0.2, 0.25) is 0 Å². The lowest BCUT2D eigenvalue weighted by atomic mass is 10.1. The maximum absolute atomic E-state index is 12.9. The predicted octanol–water partition coefficient (Wildman–Crippen LogP) is 3.52. The molecule has 0 amide bonds. The Morgan fingerprint density at radius 2 is 1.73 bits per heavy atom. The van der Waals surface area contributed by atoms with Crippen LogP contribution in [0.3, 0.4) is 0 Å². The highest BCUT2D eigenvalue weighted by atomic mass is 16.5. The van der Waals surface area contributed by atoms with Gasteiger partial charge in [0.2, 0.25) is 0 Å². The summed E-state index contributed by atoms with van der Waals surface area (Å²) in [7, 11) is 1.62. The van der Waals surface area contributed by atoms with Crippen molar-refractivity contribution in [2.45, 2.75) is 6.54 Å². The SMILES string of the molecule is COc1ccccc1-c1nn(Cc2ccccc2)c(=O)c2ncccc12. The van der Waals surface area contributed by atoms with Crippen molar-refractivity contribution in [1.29, 1.82) is 0 Å². The first-order chi connectivity index (χ1) is 12.8. The van der Waals surface area contributed by atoms with E-state index >= 15 is 0 Å². The molecule has 0 saturated heterocycles. The van der Waals surface area contributed by atoms with Gasteiger partial charge in [-0.15, -0.1) is 0 Å². The van der Waals surface area contributed by atoms with E-state index in [0.29, 0.717) is 28.9 Å². The highest BCUT2D eigenvalue weighted by molar-refractivity contribution is 5.92. The van der Waals surface area contributed by atoms with Gasteiger partial charge in [-0.3, -0.25) is 9.78 Å². The second kappa shape index (κ2) is 6.80. The lowest BCUT2D eigenvalue weighted by molar-refractivity contribution is 0.416. The molecule has 0 aliphatic carbocycles. The fourth-order valence-electron chi connectivity index (χ4n) is 3.01. The van der Waals surface area contributed by atoms with Gasteiger partial charge in [0.05, 0.1) is 13.7 Å². The molecule has 2 heterocycles. The largest absolute Gasteiger partial charge is 0.496 e. The van der Waals surface area contributed by atoms with Crippen LogP contribution in [0.1, 0.15) is 5.56 Å². The van der Waals surface area contributed by atoms with Crippen molar-refractivity contribution in [3.8, 4) is 17.0 Å². The predicted molar refractivity (Wildman–Crippen MR) is 101 cm³/mol. The first-order valence-corrected chi connectivity index (χ1v) is 8.31. The van der Waals surface area contributed by atoms with Gasteiger partial charge in [-0.1, -0.05) is 42.5 Å². The molecule has 26 heavy (non-hydrogen) atoms. The third-order valence-corrected chi connectivity index (χ3v) is 4.26. The number of fused-ring (bicyclic) bond motifs is 1. The Morgan fingerprint density at radius 3 is 2.54 bits per heavy atom. The summed E-state index contributed by atoms with van der Waals surface area (Å²) in [5, 5.41) is 5.37. The molecular weight excluding hydrogens is 326 g/mol. The highest BCUT2D eigenvalue weighted by Gasteiger charge is 2.16. The number of benzene rings is 2. The Bertz CT molecular complexity index is 1120. The Morgan fingerprint density at radius 1 is 0.962 bits per heavy atom. The van der Waals surface area contributed by atoms with Crippen molar-refractivity contribution in [1.82, 2.24) is 14.8 Å². The van der Waals surface area contributed by atoms with Crippen LogP contribution in [0.15, 0.2) is 77.7 Å². The minimum absolute atomic E-state index is 0.205. The van der Waals surface area contributed by atoms with Gasteiger partial charge in [-0.25, -0.2) is 4.68 Å². The average Bonchev–Trinajstić information content (AvgIpc) is 2.71. The molecule has 0 radical (unpaired) electrons. The fourth-order valence-corrected chi connectivity index (χ4v) is 3.01. The summed E-state index contributed by atoms with van der Waals surface area (Å²) in [6.45, 7) is 0.383. The molecule has 4 rings (SSSR count). The van der Waals surface area contributed by atoms with E-state index < -0.39 is 0 Å². The summed E-state index contributed by atoms with van der Waals surface area (Å²) in [5.74, 6) is 0.704. The van der Waals surface area contributed by atoms with E-state index in [1.165, 1.54) is 4.68 Å². The smallest absolute Gasteiger partial charge is 0.293 e. The molecular formula is C21H17N3O2. The zero-order valence-electron chi connectivity index (χ0n) is 14.3. The molecule has 2 aromatic carbocycles. The van der Waals surface area contributed by atoms with Gasteiger partial charge >= 0.3 is 0 Å².